The van der Waals surface area contributed by atoms with Gasteiger partial charge >= 0.3 is 0 Å². The molecule has 7 aliphatic heterocycles. The molecular formula is C34H44N4O4. The van der Waals surface area contributed by atoms with Crippen molar-refractivity contribution in [2.24, 2.45) is 0 Å². The van der Waals surface area contributed by atoms with E-state index >= 15 is 0 Å². The number of nitrogens with one attached hydrogen (secondary N) is 3. The summed E-state index contributed by atoms with van der Waals surface area (Å²) in [6.45, 7) is 6.69. The Morgan fingerprint density at radius 1 is 1.00 bits per heavy atom. The van der Waals surface area contributed by atoms with E-state index in [1.54, 1.807) is 11.0 Å². The lowest BCUT2D eigenvalue weighted by atomic mass is 9.83. The number of hydrogen-bond acceptors (Lipinski definition) is 5. The van der Waals surface area contributed by atoms with Gasteiger partial charge in [0.2, 0.25) is 5.91 Å². The second-order valence-corrected chi connectivity index (χ2v) is 13.2. The SMILES string of the molecule is CCC12CCCCCCCc3ccc4c(c3)OC(C)(C)C[C@@H]4NC(=O)c3ccc4c(c3)[C@@H](CCO4)N(C(=N)N1)C(=O)C2. The quantitative estimate of drug-likeness (QED) is 0.370. The van der Waals surface area contributed by atoms with Crippen molar-refractivity contribution in [3.8, 4) is 11.5 Å². The highest BCUT2D eigenvalue weighted by atomic mass is 16.5. The van der Waals surface area contributed by atoms with Crippen LogP contribution >= 0.6 is 0 Å². The monoisotopic (exact) mass is 572 g/mol. The van der Waals surface area contributed by atoms with Gasteiger partial charge in [0.1, 0.15) is 17.1 Å². The third kappa shape index (κ3) is 5.60. The molecule has 3 N–H and O–H groups in total. The first kappa shape index (κ1) is 28.6. The number of amides is 2. The molecule has 0 aliphatic carbocycles. The average molecular weight is 573 g/mol. The maximum absolute atomic E-state index is 13.7. The van der Waals surface area contributed by atoms with E-state index in [0.717, 1.165) is 68.2 Å². The molecule has 0 aromatic heterocycles. The van der Waals surface area contributed by atoms with Crippen LogP contribution in [0.15, 0.2) is 36.4 Å². The van der Waals surface area contributed by atoms with E-state index in [1.165, 1.54) is 5.56 Å². The Hall–Kier alpha value is -3.55. The Balaban J connectivity index is 1.35. The van der Waals surface area contributed by atoms with E-state index in [9.17, 15) is 9.59 Å². The lowest BCUT2D eigenvalue weighted by Gasteiger charge is -2.46. The molecular weight excluding hydrogens is 528 g/mol. The molecule has 1 fully saturated rings. The second kappa shape index (κ2) is 11.3. The lowest BCUT2D eigenvalue weighted by Crippen LogP contribution is -2.63. The number of ether oxygens (including phenoxy) is 2. The molecule has 224 valence electrons. The van der Waals surface area contributed by atoms with Gasteiger partial charge in [-0.3, -0.25) is 19.9 Å². The Kier molecular flexibility index (Phi) is 7.66. The standard InChI is InChI=1S/C34H44N4O4/c1-4-34-16-9-7-5-6-8-10-22-11-13-24-26(20-33(2,3)42-29(24)18-22)36-31(40)23-12-14-28-25(19-23)27(15-17-41-28)38(30(39)21-34)32(35)37-34/h11-14,18-19,26-27H,4-10,15-17,20-21H2,1-3H3,(H2,35,37)(H,36,40)/t26-,27+,34?/m0/s1. The van der Waals surface area contributed by atoms with Crippen molar-refractivity contribution < 1.29 is 19.1 Å². The zero-order chi connectivity index (χ0) is 29.5. The summed E-state index contributed by atoms with van der Waals surface area (Å²) in [4.78, 5) is 29.0. The van der Waals surface area contributed by atoms with Crippen LogP contribution in [0.25, 0.3) is 0 Å². The third-order valence-electron chi connectivity index (χ3n) is 9.61. The molecule has 8 nitrogen and oxygen atoms in total. The van der Waals surface area contributed by atoms with E-state index < -0.39 is 5.60 Å². The molecule has 2 amide bonds. The molecule has 7 aliphatic rings. The van der Waals surface area contributed by atoms with Gasteiger partial charge in [-0.05, 0) is 69.4 Å². The van der Waals surface area contributed by atoms with Crippen molar-refractivity contribution in [2.75, 3.05) is 6.61 Å². The molecule has 42 heavy (non-hydrogen) atoms. The fourth-order valence-electron chi connectivity index (χ4n) is 7.26. The number of aryl methyl sites for hydroxylation is 1. The van der Waals surface area contributed by atoms with E-state index in [1.807, 2.05) is 12.1 Å². The Labute approximate surface area is 249 Å². The summed E-state index contributed by atoms with van der Waals surface area (Å²) in [5.74, 6) is 1.46. The molecule has 7 heterocycles. The van der Waals surface area contributed by atoms with Crippen LogP contribution in [0.5, 0.6) is 11.5 Å². The fourth-order valence-corrected chi connectivity index (χ4v) is 7.26. The summed E-state index contributed by atoms with van der Waals surface area (Å²) >= 11 is 0. The van der Waals surface area contributed by atoms with E-state index in [-0.39, 0.29) is 35.4 Å². The Morgan fingerprint density at radius 3 is 2.62 bits per heavy atom. The van der Waals surface area contributed by atoms with Gasteiger partial charge in [-0.1, -0.05) is 44.7 Å². The topological polar surface area (TPSA) is 104 Å². The molecule has 2 aromatic carbocycles. The number of carbonyl (C=O) groups is 2. The van der Waals surface area contributed by atoms with Gasteiger partial charge in [-0.25, -0.2) is 0 Å². The zero-order valence-corrected chi connectivity index (χ0v) is 25.2. The number of guanidine groups is 1. The van der Waals surface area contributed by atoms with Gasteiger partial charge in [-0.15, -0.1) is 0 Å². The van der Waals surface area contributed by atoms with Crippen molar-refractivity contribution in [3.05, 3.63) is 58.7 Å². The minimum Gasteiger partial charge on any atom is -0.493 e. The second-order valence-electron chi connectivity index (χ2n) is 13.2. The van der Waals surface area contributed by atoms with Gasteiger partial charge < -0.3 is 20.1 Å². The largest absolute Gasteiger partial charge is 0.493 e. The molecule has 3 atom stereocenters. The maximum Gasteiger partial charge on any atom is 0.251 e. The number of hydrogen-bond donors (Lipinski definition) is 3. The first-order valence-electron chi connectivity index (χ1n) is 15.8. The fraction of sp³-hybridized carbons (Fsp3) is 0.559. The molecule has 0 saturated carbocycles. The van der Waals surface area contributed by atoms with Gasteiger partial charge in [0.15, 0.2) is 5.96 Å². The van der Waals surface area contributed by atoms with Crippen molar-refractivity contribution in [2.45, 2.75) is 115 Å². The highest BCUT2D eigenvalue weighted by molar-refractivity contribution is 6.00. The number of benzene rings is 2. The van der Waals surface area contributed by atoms with Crippen LogP contribution in [0.1, 0.15) is 124 Å². The summed E-state index contributed by atoms with van der Waals surface area (Å²) < 4.78 is 12.3. The smallest absolute Gasteiger partial charge is 0.251 e. The molecule has 9 rings (SSSR count). The summed E-state index contributed by atoms with van der Waals surface area (Å²) in [7, 11) is 0. The minimum atomic E-state index is -0.415. The van der Waals surface area contributed by atoms with Crippen LogP contribution in [-0.4, -0.2) is 40.4 Å². The Bertz CT molecular complexity index is 1370. The molecule has 2 aromatic rings. The van der Waals surface area contributed by atoms with Crippen LogP contribution in [0, 0.1) is 5.41 Å². The maximum atomic E-state index is 13.7. The first-order chi connectivity index (χ1) is 20.2. The van der Waals surface area contributed by atoms with E-state index in [2.05, 4.69) is 49.6 Å². The molecule has 0 radical (unpaired) electrons. The van der Waals surface area contributed by atoms with Gasteiger partial charge in [0.05, 0.1) is 25.1 Å². The van der Waals surface area contributed by atoms with Crippen LogP contribution < -0.4 is 20.1 Å². The van der Waals surface area contributed by atoms with Gasteiger partial charge in [0.25, 0.3) is 5.91 Å². The summed E-state index contributed by atoms with van der Waals surface area (Å²) in [6, 6.07) is 11.4. The number of nitrogens with zero attached hydrogens (tertiary/aromatic N) is 1. The summed E-state index contributed by atoms with van der Waals surface area (Å²) in [5, 5.41) is 15.7. The van der Waals surface area contributed by atoms with Gasteiger partial charge in [-0.2, -0.15) is 0 Å². The molecule has 1 saturated heterocycles. The summed E-state index contributed by atoms with van der Waals surface area (Å²) in [6.07, 6.45) is 9.83. The highest BCUT2D eigenvalue weighted by Crippen LogP contribution is 2.42. The summed E-state index contributed by atoms with van der Waals surface area (Å²) in [5.41, 5.74) is 2.76. The van der Waals surface area contributed by atoms with Crippen LogP contribution in [0.3, 0.4) is 0 Å². The van der Waals surface area contributed by atoms with Crippen LogP contribution in [0.4, 0.5) is 0 Å². The van der Waals surface area contributed by atoms with Crippen LogP contribution in [0.2, 0.25) is 0 Å². The van der Waals surface area contributed by atoms with E-state index in [0.29, 0.717) is 37.2 Å². The third-order valence-corrected chi connectivity index (χ3v) is 9.61. The normalized spacial score (nSPS) is 27.6. The number of rotatable bonds is 1. The predicted octanol–water partition coefficient (Wildman–Crippen LogP) is 6.34. The highest BCUT2D eigenvalue weighted by Gasteiger charge is 2.44. The van der Waals surface area contributed by atoms with Gasteiger partial charge in [0, 0.05) is 35.1 Å². The predicted molar refractivity (Wildman–Crippen MR) is 162 cm³/mol. The Morgan fingerprint density at radius 2 is 1.81 bits per heavy atom. The first-order valence-corrected chi connectivity index (χ1v) is 15.8. The number of carbonyl (C=O) groups excluding carboxylic acids is 2. The minimum absolute atomic E-state index is 0.0320. The van der Waals surface area contributed by atoms with E-state index in [4.69, 9.17) is 14.9 Å². The molecule has 8 heteroatoms. The van der Waals surface area contributed by atoms with Crippen molar-refractivity contribution >= 4 is 17.8 Å². The van der Waals surface area contributed by atoms with Crippen molar-refractivity contribution in [1.82, 2.24) is 15.5 Å². The lowest BCUT2D eigenvalue weighted by molar-refractivity contribution is -0.133. The van der Waals surface area contributed by atoms with Crippen molar-refractivity contribution in [3.63, 3.8) is 0 Å². The zero-order valence-electron chi connectivity index (χ0n) is 25.2. The van der Waals surface area contributed by atoms with Crippen molar-refractivity contribution in [1.29, 1.82) is 5.41 Å². The molecule has 1 unspecified atom stereocenters. The molecule has 0 spiro atoms. The average Bonchev–Trinajstić information content (AvgIpc) is 2.95. The van der Waals surface area contributed by atoms with Crippen LogP contribution in [-0.2, 0) is 11.2 Å². The molecule has 8 bridgehead atoms.